The molecule has 0 radical (unpaired) electrons. The quantitative estimate of drug-likeness (QED) is 0.243. The molecule has 1 rings (SSSR count). The van der Waals surface area contributed by atoms with Gasteiger partial charge in [-0.05, 0) is 46.0 Å². The molecular formula is C18H39IN4O. The molecule has 0 atom stereocenters. The van der Waals surface area contributed by atoms with Crippen LogP contribution in [0.1, 0.15) is 53.9 Å². The van der Waals surface area contributed by atoms with E-state index in [9.17, 15) is 0 Å². The highest BCUT2D eigenvalue weighted by molar-refractivity contribution is 14.0. The van der Waals surface area contributed by atoms with E-state index in [2.05, 4.69) is 55.1 Å². The molecular weight excluding hydrogens is 415 g/mol. The summed E-state index contributed by atoms with van der Waals surface area (Å²) >= 11 is 0. The summed E-state index contributed by atoms with van der Waals surface area (Å²) in [6, 6.07) is 1.19. The van der Waals surface area contributed by atoms with Crippen LogP contribution >= 0.6 is 24.0 Å². The highest BCUT2D eigenvalue weighted by Gasteiger charge is 2.21. The normalized spacial score (nSPS) is 17.2. The van der Waals surface area contributed by atoms with E-state index in [1.54, 1.807) is 0 Å². The lowest BCUT2D eigenvalue weighted by Gasteiger charge is -2.35. The third kappa shape index (κ3) is 10.7. The van der Waals surface area contributed by atoms with Crippen molar-refractivity contribution in [1.29, 1.82) is 0 Å². The van der Waals surface area contributed by atoms with Crippen LogP contribution in [-0.4, -0.2) is 62.3 Å². The maximum Gasteiger partial charge on any atom is 0.191 e. The SMILES string of the molecule is CCNC(=NCCOCCC(C)C)NC1CCN(C(C)C)CC1.I. The summed E-state index contributed by atoms with van der Waals surface area (Å²) in [7, 11) is 0. The Labute approximate surface area is 166 Å². The molecule has 0 aliphatic carbocycles. The summed E-state index contributed by atoms with van der Waals surface area (Å²) in [4.78, 5) is 7.18. The first-order chi connectivity index (χ1) is 11.0. The Morgan fingerprint density at radius 3 is 2.38 bits per heavy atom. The average molecular weight is 454 g/mol. The van der Waals surface area contributed by atoms with Crippen molar-refractivity contribution in [2.75, 3.05) is 39.4 Å². The number of likely N-dealkylation sites (tertiary alicyclic amines) is 1. The number of aliphatic imine (C=N–C) groups is 1. The molecule has 0 unspecified atom stereocenters. The highest BCUT2D eigenvalue weighted by Crippen LogP contribution is 2.12. The van der Waals surface area contributed by atoms with E-state index in [1.165, 1.54) is 25.9 Å². The van der Waals surface area contributed by atoms with Crippen molar-refractivity contribution >= 4 is 29.9 Å². The van der Waals surface area contributed by atoms with Gasteiger partial charge in [0, 0.05) is 38.3 Å². The Morgan fingerprint density at radius 2 is 1.83 bits per heavy atom. The number of hydrogen-bond donors (Lipinski definition) is 2. The van der Waals surface area contributed by atoms with Crippen molar-refractivity contribution in [1.82, 2.24) is 15.5 Å². The smallest absolute Gasteiger partial charge is 0.191 e. The first kappa shape index (κ1) is 23.9. The van der Waals surface area contributed by atoms with Crippen molar-refractivity contribution in [2.24, 2.45) is 10.9 Å². The molecule has 1 saturated heterocycles. The van der Waals surface area contributed by atoms with E-state index in [0.29, 0.717) is 24.6 Å². The summed E-state index contributed by atoms with van der Waals surface area (Å²) in [6.07, 6.45) is 3.50. The van der Waals surface area contributed by atoms with E-state index in [0.717, 1.165) is 32.1 Å². The van der Waals surface area contributed by atoms with Gasteiger partial charge in [0.25, 0.3) is 0 Å². The minimum atomic E-state index is 0. The van der Waals surface area contributed by atoms with Gasteiger partial charge in [-0.3, -0.25) is 4.99 Å². The van der Waals surface area contributed by atoms with Gasteiger partial charge in [-0.25, -0.2) is 0 Å². The van der Waals surface area contributed by atoms with Crippen LogP contribution < -0.4 is 10.6 Å². The van der Waals surface area contributed by atoms with Crippen molar-refractivity contribution < 1.29 is 4.74 Å². The predicted octanol–water partition coefficient (Wildman–Crippen LogP) is 3.10. The largest absolute Gasteiger partial charge is 0.380 e. The molecule has 6 heteroatoms. The summed E-state index contributed by atoms with van der Waals surface area (Å²) in [6.45, 7) is 16.6. The van der Waals surface area contributed by atoms with Gasteiger partial charge in [-0.1, -0.05) is 13.8 Å². The number of guanidine groups is 1. The van der Waals surface area contributed by atoms with Crippen molar-refractivity contribution in [3.05, 3.63) is 0 Å². The molecule has 2 N–H and O–H groups in total. The van der Waals surface area contributed by atoms with Gasteiger partial charge >= 0.3 is 0 Å². The summed E-state index contributed by atoms with van der Waals surface area (Å²) < 4.78 is 5.63. The second-order valence-electron chi connectivity index (χ2n) is 7.10. The summed E-state index contributed by atoms with van der Waals surface area (Å²) in [5.41, 5.74) is 0. The van der Waals surface area contributed by atoms with Gasteiger partial charge in [-0.15, -0.1) is 24.0 Å². The van der Waals surface area contributed by atoms with Crippen LogP contribution in [0.4, 0.5) is 0 Å². The van der Waals surface area contributed by atoms with Crippen LogP contribution in [0, 0.1) is 5.92 Å². The van der Waals surface area contributed by atoms with Gasteiger partial charge in [0.15, 0.2) is 5.96 Å². The molecule has 1 aliphatic rings. The Hall–Kier alpha value is -0.0800. The molecule has 1 heterocycles. The van der Waals surface area contributed by atoms with Gasteiger partial charge in [0.05, 0.1) is 13.2 Å². The molecule has 5 nitrogen and oxygen atoms in total. The fourth-order valence-corrected chi connectivity index (χ4v) is 2.72. The molecule has 0 saturated carbocycles. The average Bonchev–Trinajstić information content (AvgIpc) is 2.51. The summed E-state index contributed by atoms with van der Waals surface area (Å²) in [5.74, 6) is 1.64. The standard InChI is InChI=1S/C18H38N4O.HI/c1-6-19-18(20-10-14-23-13-9-15(2)3)21-17-7-11-22(12-8-17)16(4)5;/h15-17H,6-14H2,1-5H3,(H2,19,20,21);1H. The first-order valence-electron chi connectivity index (χ1n) is 9.39. The molecule has 1 fully saturated rings. The molecule has 0 aromatic carbocycles. The molecule has 144 valence electrons. The van der Waals surface area contributed by atoms with Crippen LogP contribution in [0.15, 0.2) is 4.99 Å². The minimum absolute atomic E-state index is 0. The minimum Gasteiger partial charge on any atom is -0.380 e. The zero-order valence-corrected chi connectivity index (χ0v) is 18.6. The Balaban J connectivity index is 0.00000529. The number of hydrogen-bond acceptors (Lipinski definition) is 3. The van der Waals surface area contributed by atoms with Gasteiger partial charge in [-0.2, -0.15) is 0 Å². The van der Waals surface area contributed by atoms with Crippen LogP contribution in [0.25, 0.3) is 0 Å². The van der Waals surface area contributed by atoms with Crippen molar-refractivity contribution in [3.8, 4) is 0 Å². The zero-order valence-electron chi connectivity index (χ0n) is 16.3. The molecule has 0 aromatic rings. The zero-order chi connectivity index (χ0) is 17.1. The second-order valence-corrected chi connectivity index (χ2v) is 7.10. The number of nitrogens with zero attached hydrogens (tertiary/aromatic N) is 2. The monoisotopic (exact) mass is 454 g/mol. The third-order valence-corrected chi connectivity index (χ3v) is 4.29. The van der Waals surface area contributed by atoms with Gasteiger partial charge in [0.1, 0.15) is 0 Å². The van der Waals surface area contributed by atoms with Crippen molar-refractivity contribution in [3.63, 3.8) is 0 Å². The number of piperidine rings is 1. The first-order valence-corrected chi connectivity index (χ1v) is 9.39. The maximum absolute atomic E-state index is 5.63. The highest BCUT2D eigenvalue weighted by atomic mass is 127. The van der Waals surface area contributed by atoms with Gasteiger partial charge < -0.3 is 20.3 Å². The molecule has 0 bridgehead atoms. The fourth-order valence-electron chi connectivity index (χ4n) is 2.72. The number of rotatable bonds is 9. The predicted molar refractivity (Wildman–Crippen MR) is 115 cm³/mol. The lowest BCUT2D eigenvalue weighted by molar-refractivity contribution is 0.130. The molecule has 0 spiro atoms. The van der Waals surface area contributed by atoms with E-state index in [4.69, 9.17) is 4.74 Å². The maximum atomic E-state index is 5.63. The molecule has 0 amide bonds. The second kappa shape index (κ2) is 14.1. The van der Waals surface area contributed by atoms with E-state index in [1.807, 2.05) is 0 Å². The third-order valence-electron chi connectivity index (χ3n) is 4.29. The number of nitrogens with one attached hydrogen (secondary N) is 2. The van der Waals surface area contributed by atoms with E-state index in [-0.39, 0.29) is 24.0 Å². The Bertz CT molecular complexity index is 329. The fraction of sp³-hybridized carbons (Fsp3) is 0.944. The molecule has 0 aromatic heterocycles. The summed E-state index contributed by atoms with van der Waals surface area (Å²) in [5, 5.41) is 6.92. The lowest BCUT2D eigenvalue weighted by atomic mass is 10.0. The van der Waals surface area contributed by atoms with Crippen LogP contribution in [0.2, 0.25) is 0 Å². The van der Waals surface area contributed by atoms with E-state index >= 15 is 0 Å². The Kier molecular flexibility index (Phi) is 14.1. The van der Waals surface area contributed by atoms with Crippen LogP contribution in [-0.2, 0) is 4.74 Å². The number of ether oxygens (including phenoxy) is 1. The Morgan fingerprint density at radius 1 is 1.17 bits per heavy atom. The molecule has 1 aliphatic heterocycles. The van der Waals surface area contributed by atoms with E-state index < -0.39 is 0 Å². The van der Waals surface area contributed by atoms with Crippen LogP contribution in [0.3, 0.4) is 0 Å². The van der Waals surface area contributed by atoms with Crippen LogP contribution in [0.5, 0.6) is 0 Å². The number of halogens is 1. The lowest BCUT2D eigenvalue weighted by Crippen LogP contribution is -2.49. The van der Waals surface area contributed by atoms with Gasteiger partial charge in [0.2, 0.25) is 0 Å². The van der Waals surface area contributed by atoms with Crippen molar-refractivity contribution in [2.45, 2.75) is 66.0 Å². The molecule has 24 heavy (non-hydrogen) atoms. The topological polar surface area (TPSA) is 48.9 Å².